The van der Waals surface area contributed by atoms with E-state index in [1.54, 1.807) is 0 Å². The van der Waals surface area contributed by atoms with Gasteiger partial charge in [0.15, 0.2) is 0 Å². The largest absolute Gasteiger partial charge is 0.385 e. The molecule has 132 valence electrons. The molecule has 0 amide bonds. The minimum atomic E-state index is -0.677. The lowest BCUT2D eigenvalue weighted by Gasteiger charge is -2.49. The molecule has 1 aromatic carbocycles. The second-order valence-corrected chi connectivity index (χ2v) is 7.91. The van der Waals surface area contributed by atoms with Crippen molar-refractivity contribution in [3.05, 3.63) is 48.6 Å². The quantitative estimate of drug-likeness (QED) is 0.751. The van der Waals surface area contributed by atoms with Crippen LogP contribution in [0.1, 0.15) is 63.4 Å². The Balaban J connectivity index is 1.65. The van der Waals surface area contributed by atoms with Gasteiger partial charge in [0.05, 0.1) is 11.2 Å². The van der Waals surface area contributed by atoms with Crippen molar-refractivity contribution in [3.8, 4) is 0 Å². The first-order valence-electron chi connectivity index (χ1n) is 9.56. The lowest BCUT2D eigenvalue weighted by molar-refractivity contribution is -0.139. The van der Waals surface area contributed by atoms with Crippen LogP contribution in [0.4, 0.5) is 0 Å². The number of hydrogen-bond acceptors (Lipinski definition) is 2. The molecule has 1 aromatic rings. The van der Waals surface area contributed by atoms with E-state index in [1.807, 2.05) is 25.3 Å². The number of allylic oxidation sites excluding steroid dienone is 1. The van der Waals surface area contributed by atoms with E-state index < -0.39 is 5.60 Å². The normalized spacial score (nSPS) is 37.1. The number of hydrogen-bond donors (Lipinski definition) is 1. The fourth-order valence-corrected chi connectivity index (χ4v) is 5.06. The van der Waals surface area contributed by atoms with Crippen molar-refractivity contribution in [2.75, 3.05) is 7.11 Å². The summed E-state index contributed by atoms with van der Waals surface area (Å²) in [5, 5.41) is 11.1. The van der Waals surface area contributed by atoms with Gasteiger partial charge >= 0.3 is 0 Å². The zero-order valence-electron chi connectivity index (χ0n) is 15.0. The standard InChI is InChI=1S/C22H32O2/c1-3-7-18-10-12-20(13-11-18)22(24-2)16-14-21(23,15-17-22)19-8-5-4-6-9-19/h3-6,8-9,18,20,23H,1,7,10-17H2,2H3/t18?,20?,21-,22-. The van der Waals surface area contributed by atoms with Crippen LogP contribution in [0.5, 0.6) is 0 Å². The summed E-state index contributed by atoms with van der Waals surface area (Å²) in [6, 6.07) is 10.2. The molecule has 1 N–H and O–H groups in total. The minimum absolute atomic E-state index is 0.0276. The third-order valence-electron chi connectivity index (χ3n) is 6.73. The van der Waals surface area contributed by atoms with Crippen molar-refractivity contribution in [2.45, 2.75) is 69.0 Å². The number of benzene rings is 1. The lowest BCUT2D eigenvalue weighted by atomic mass is 9.64. The molecule has 2 saturated carbocycles. The second-order valence-electron chi connectivity index (χ2n) is 7.91. The van der Waals surface area contributed by atoms with E-state index in [2.05, 4.69) is 24.8 Å². The molecule has 2 fully saturated rings. The molecule has 2 aliphatic carbocycles. The van der Waals surface area contributed by atoms with Gasteiger partial charge in [-0.3, -0.25) is 0 Å². The maximum Gasteiger partial charge on any atom is 0.0898 e. The Morgan fingerprint density at radius 2 is 1.71 bits per heavy atom. The van der Waals surface area contributed by atoms with Gasteiger partial charge in [-0.1, -0.05) is 36.4 Å². The molecule has 0 saturated heterocycles. The van der Waals surface area contributed by atoms with Crippen molar-refractivity contribution >= 4 is 0 Å². The monoisotopic (exact) mass is 328 g/mol. The molecule has 2 nitrogen and oxygen atoms in total. The van der Waals surface area contributed by atoms with Crippen molar-refractivity contribution in [1.29, 1.82) is 0 Å². The summed E-state index contributed by atoms with van der Waals surface area (Å²) in [7, 11) is 1.88. The summed E-state index contributed by atoms with van der Waals surface area (Å²) in [6.07, 6.45) is 11.9. The molecule has 0 aliphatic heterocycles. The molecule has 0 aromatic heterocycles. The molecule has 0 unspecified atom stereocenters. The lowest BCUT2D eigenvalue weighted by Crippen LogP contribution is -2.48. The molecule has 3 rings (SSSR count). The Hall–Kier alpha value is -1.12. The second kappa shape index (κ2) is 7.41. The number of rotatable bonds is 5. The van der Waals surface area contributed by atoms with Crippen LogP contribution in [0.25, 0.3) is 0 Å². The first-order valence-corrected chi connectivity index (χ1v) is 9.56. The first kappa shape index (κ1) is 17.7. The van der Waals surface area contributed by atoms with Crippen LogP contribution in [0.2, 0.25) is 0 Å². The third kappa shape index (κ3) is 3.45. The number of aliphatic hydroxyl groups is 1. The molecule has 24 heavy (non-hydrogen) atoms. The minimum Gasteiger partial charge on any atom is -0.385 e. The average molecular weight is 328 g/mol. The summed E-state index contributed by atoms with van der Waals surface area (Å²) >= 11 is 0. The van der Waals surface area contributed by atoms with Gasteiger partial charge in [-0.2, -0.15) is 0 Å². The predicted octanol–water partition coefficient (Wildman–Crippen LogP) is 5.22. The van der Waals surface area contributed by atoms with Crippen molar-refractivity contribution < 1.29 is 9.84 Å². The highest BCUT2D eigenvalue weighted by Gasteiger charge is 2.47. The Morgan fingerprint density at radius 3 is 2.25 bits per heavy atom. The molecule has 0 atom stereocenters. The smallest absolute Gasteiger partial charge is 0.0898 e. The van der Waals surface area contributed by atoms with Gasteiger partial charge in [0.2, 0.25) is 0 Å². The first-order chi connectivity index (χ1) is 11.6. The summed E-state index contributed by atoms with van der Waals surface area (Å²) in [5.41, 5.74) is 0.355. The van der Waals surface area contributed by atoms with E-state index in [4.69, 9.17) is 4.74 Å². The molecule has 0 radical (unpaired) electrons. The van der Waals surface area contributed by atoms with Crippen LogP contribution in [-0.4, -0.2) is 17.8 Å². The highest BCUT2D eigenvalue weighted by Crippen LogP contribution is 2.50. The number of ether oxygens (including phenoxy) is 1. The Morgan fingerprint density at radius 1 is 1.08 bits per heavy atom. The van der Waals surface area contributed by atoms with Crippen LogP contribution in [0, 0.1) is 11.8 Å². The maximum absolute atomic E-state index is 11.1. The van der Waals surface area contributed by atoms with E-state index in [9.17, 15) is 5.11 Å². The van der Waals surface area contributed by atoms with E-state index in [-0.39, 0.29) is 5.60 Å². The third-order valence-corrected chi connectivity index (χ3v) is 6.73. The fourth-order valence-electron chi connectivity index (χ4n) is 5.06. The summed E-state index contributed by atoms with van der Waals surface area (Å²) < 4.78 is 6.11. The SMILES string of the molecule is C=CCC1CCC([C@]2(OC)CC[C@@](O)(c3ccccc3)CC2)CC1. The van der Waals surface area contributed by atoms with Crippen LogP contribution < -0.4 is 0 Å². The molecule has 2 heteroatoms. The van der Waals surface area contributed by atoms with Crippen LogP contribution in [0.3, 0.4) is 0 Å². The topological polar surface area (TPSA) is 29.5 Å². The Bertz CT molecular complexity index is 520. The Kier molecular flexibility index (Phi) is 5.46. The van der Waals surface area contributed by atoms with E-state index in [0.717, 1.165) is 43.6 Å². The summed E-state index contributed by atoms with van der Waals surface area (Å²) in [5.74, 6) is 1.46. The van der Waals surface area contributed by atoms with Crippen molar-refractivity contribution in [2.24, 2.45) is 11.8 Å². The molecular formula is C22H32O2. The van der Waals surface area contributed by atoms with Gasteiger partial charge in [0.1, 0.15) is 0 Å². The van der Waals surface area contributed by atoms with Gasteiger partial charge in [-0.15, -0.1) is 6.58 Å². The molecular weight excluding hydrogens is 296 g/mol. The van der Waals surface area contributed by atoms with Gasteiger partial charge < -0.3 is 9.84 Å². The van der Waals surface area contributed by atoms with Crippen molar-refractivity contribution in [3.63, 3.8) is 0 Å². The average Bonchev–Trinajstić information content (AvgIpc) is 2.64. The molecule has 2 aliphatic rings. The van der Waals surface area contributed by atoms with Crippen LogP contribution in [0.15, 0.2) is 43.0 Å². The molecule has 0 heterocycles. The van der Waals surface area contributed by atoms with Gasteiger partial charge in [-0.05, 0) is 75.2 Å². The highest BCUT2D eigenvalue weighted by molar-refractivity contribution is 5.23. The maximum atomic E-state index is 11.1. The van der Waals surface area contributed by atoms with E-state index in [0.29, 0.717) is 5.92 Å². The summed E-state index contributed by atoms with van der Waals surface area (Å²) in [4.78, 5) is 0. The summed E-state index contributed by atoms with van der Waals surface area (Å²) in [6.45, 7) is 3.89. The van der Waals surface area contributed by atoms with E-state index >= 15 is 0 Å². The zero-order valence-corrected chi connectivity index (χ0v) is 15.0. The Labute approximate surface area is 146 Å². The molecule has 0 spiro atoms. The molecule has 0 bridgehead atoms. The zero-order chi connectivity index (χ0) is 17.0. The highest BCUT2D eigenvalue weighted by atomic mass is 16.5. The fraction of sp³-hybridized carbons (Fsp3) is 0.636. The number of methoxy groups -OCH3 is 1. The van der Waals surface area contributed by atoms with Gasteiger partial charge in [-0.25, -0.2) is 0 Å². The van der Waals surface area contributed by atoms with E-state index in [1.165, 1.54) is 25.7 Å². The predicted molar refractivity (Wildman–Crippen MR) is 98.8 cm³/mol. The van der Waals surface area contributed by atoms with Crippen LogP contribution in [-0.2, 0) is 10.3 Å². The van der Waals surface area contributed by atoms with Crippen molar-refractivity contribution in [1.82, 2.24) is 0 Å². The van der Waals surface area contributed by atoms with Gasteiger partial charge in [0.25, 0.3) is 0 Å². The van der Waals surface area contributed by atoms with Crippen LogP contribution >= 0.6 is 0 Å². The van der Waals surface area contributed by atoms with Gasteiger partial charge in [0, 0.05) is 7.11 Å².